The standard InChI is InChI=1S/C16H30/c1-14(2,3)11-10-13(16(7,8)9)12-15(4,5)6/h10-12H,1-9H3/b11-10-,13-12?. The number of rotatable bonds is 1. The number of hydrogen-bond donors (Lipinski definition) is 0. The van der Waals surface area contributed by atoms with Gasteiger partial charge in [-0.3, -0.25) is 0 Å². The molecule has 0 aliphatic carbocycles. The fourth-order valence-electron chi connectivity index (χ4n) is 1.32. The molecule has 0 saturated carbocycles. The Kier molecular flexibility index (Phi) is 4.62. The highest BCUT2D eigenvalue weighted by atomic mass is 14.2. The first-order valence-corrected chi connectivity index (χ1v) is 6.24. The first kappa shape index (κ1) is 15.5. The SMILES string of the molecule is CC(C)(C)C=C(/C=C\C(C)(C)C)C(C)(C)C. The Bertz CT molecular complexity index is 269. The van der Waals surface area contributed by atoms with Crippen molar-refractivity contribution in [3.63, 3.8) is 0 Å². The van der Waals surface area contributed by atoms with E-state index in [1.807, 2.05) is 0 Å². The average molecular weight is 222 g/mol. The van der Waals surface area contributed by atoms with E-state index in [0.717, 1.165) is 0 Å². The minimum atomic E-state index is 0.217. The summed E-state index contributed by atoms with van der Waals surface area (Å²) in [7, 11) is 0. The second-order valence-electron chi connectivity index (χ2n) is 7.92. The Morgan fingerprint density at radius 3 is 1.38 bits per heavy atom. The lowest BCUT2D eigenvalue weighted by molar-refractivity contribution is 0.478. The molecule has 0 heteroatoms. The van der Waals surface area contributed by atoms with Crippen LogP contribution in [0.25, 0.3) is 0 Å². The molecule has 16 heavy (non-hydrogen) atoms. The predicted molar refractivity (Wildman–Crippen MR) is 75.6 cm³/mol. The summed E-state index contributed by atoms with van der Waals surface area (Å²) in [5.74, 6) is 0. The van der Waals surface area contributed by atoms with E-state index >= 15 is 0 Å². The summed E-state index contributed by atoms with van der Waals surface area (Å²) in [4.78, 5) is 0. The first-order chi connectivity index (χ1) is 6.81. The van der Waals surface area contributed by atoms with Crippen LogP contribution in [0.15, 0.2) is 23.8 Å². The lowest BCUT2D eigenvalue weighted by Gasteiger charge is -2.25. The van der Waals surface area contributed by atoms with E-state index in [9.17, 15) is 0 Å². The van der Waals surface area contributed by atoms with Gasteiger partial charge in [0.15, 0.2) is 0 Å². The molecule has 0 aliphatic rings. The van der Waals surface area contributed by atoms with E-state index in [-0.39, 0.29) is 16.2 Å². The van der Waals surface area contributed by atoms with Crippen molar-refractivity contribution >= 4 is 0 Å². The molecular weight excluding hydrogens is 192 g/mol. The summed E-state index contributed by atoms with van der Waals surface area (Å²) >= 11 is 0. The molecule has 0 N–H and O–H groups in total. The van der Waals surface area contributed by atoms with Crippen LogP contribution < -0.4 is 0 Å². The Morgan fingerprint density at radius 2 is 1.12 bits per heavy atom. The van der Waals surface area contributed by atoms with E-state index < -0.39 is 0 Å². The van der Waals surface area contributed by atoms with Gasteiger partial charge in [0.1, 0.15) is 0 Å². The second kappa shape index (κ2) is 4.77. The van der Waals surface area contributed by atoms with Crippen LogP contribution in [0.1, 0.15) is 62.3 Å². The van der Waals surface area contributed by atoms with Crippen molar-refractivity contribution in [2.45, 2.75) is 62.3 Å². The summed E-state index contributed by atoms with van der Waals surface area (Å²) in [6, 6.07) is 0. The molecule has 0 saturated heterocycles. The van der Waals surface area contributed by atoms with Gasteiger partial charge in [0.2, 0.25) is 0 Å². The van der Waals surface area contributed by atoms with E-state index in [1.54, 1.807) is 0 Å². The average Bonchev–Trinajstić information content (AvgIpc) is 1.91. The van der Waals surface area contributed by atoms with Crippen molar-refractivity contribution in [1.29, 1.82) is 0 Å². The smallest absolute Gasteiger partial charge is 0.0135 e. The highest BCUT2D eigenvalue weighted by Crippen LogP contribution is 2.32. The predicted octanol–water partition coefficient (Wildman–Crippen LogP) is 5.61. The zero-order chi connectivity index (χ0) is 13.2. The summed E-state index contributed by atoms with van der Waals surface area (Å²) in [5.41, 5.74) is 2.14. The lowest BCUT2D eigenvalue weighted by Crippen LogP contribution is -2.12. The van der Waals surface area contributed by atoms with E-state index in [1.165, 1.54) is 5.57 Å². The van der Waals surface area contributed by atoms with E-state index in [0.29, 0.717) is 0 Å². The zero-order valence-corrected chi connectivity index (χ0v) is 12.7. The molecule has 0 bridgehead atoms. The quantitative estimate of drug-likeness (QED) is 0.506. The Morgan fingerprint density at radius 1 is 0.688 bits per heavy atom. The molecule has 0 aromatic rings. The molecule has 0 atom stereocenters. The van der Waals surface area contributed by atoms with Crippen LogP contribution in [0.2, 0.25) is 0 Å². The third kappa shape index (κ3) is 7.73. The third-order valence-corrected chi connectivity index (χ3v) is 2.22. The normalized spacial score (nSPS) is 15.9. The van der Waals surface area contributed by atoms with Crippen molar-refractivity contribution in [1.82, 2.24) is 0 Å². The van der Waals surface area contributed by atoms with E-state index in [2.05, 4.69) is 80.5 Å². The molecule has 0 rings (SSSR count). The van der Waals surface area contributed by atoms with Gasteiger partial charge in [-0.25, -0.2) is 0 Å². The van der Waals surface area contributed by atoms with Gasteiger partial charge in [-0.1, -0.05) is 80.5 Å². The summed E-state index contributed by atoms with van der Waals surface area (Å²) in [6.45, 7) is 20.3. The maximum atomic E-state index is 2.38. The molecule has 0 amide bonds. The van der Waals surface area contributed by atoms with Crippen LogP contribution in [-0.2, 0) is 0 Å². The highest BCUT2D eigenvalue weighted by molar-refractivity contribution is 5.27. The Hall–Kier alpha value is -0.520. The number of hydrogen-bond acceptors (Lipinski definition) is 0. The molecule has 0 nitrogen and oxygen atoms in total. The van der Waals surface area contributed by atoms with Crippen LogP contribution in [0.4, 0.5) is 0 Å². The van der Waals surface area contributed by atoms with E-state index in [4.69, 9.17) is 0 Å². The van der Waals surface area contributed by atoms with Crippen LogP contribution in [0.5, 0.6) is 0 Å². The Balaban J connectivity index is 5.16. The molecule has 0 unspecified atom stereocenters. The van der Waals surface area contributed by atoms with Crippen LogP contribution >= 0.6 is 0 Å². The molecule has 0 aromatic heterocycles. The maximum absolute atomic E-state index is 2.38. The largest absolute Gasteiger partial charge is 0.0789 e. The fraction of sp³-hybridized carbons (Fsp3) is 0.750. The summed E-state index contributed by atoms with van der Waals surface area (Å²) in [6.07, 6.45) is 6.98. The van der Waals surface area contributed by atoms with Crippen molar-refractivity contribution in [2.24, 2.45) is 16.2 Å². The topological polar surface area (TPSA) is 0 Å². The molecule has 0 aromatic carbocycles. The fourth-order valence-corrected chi connectivity index (χ4v) is 1.32. The first-order valence-electron chi connectivity index (χ1n) is 6.24. The zero-order valence-electron chi connectivity index (χ0n) is 12.7. The van der Waals surface area contributed by atoms with Crippen LogP contribution in [-0.4, -0.2) is 0 Å². The molecular formula is C16H30. The second-order valence-corrected chi connectivity index (χ2v) is 7.92. The van der Waals surface area contributed by atoms with Crippen molar-refractivity contribution in [3.8, 4) is 0 Å². The minimum absolute atomic E-state index is 0.217. The molecule has 94 valence electrons. The number of allylic oxidation sites excluding steroid dienone is 4. The third-order valence-electron chi connectivity index (χ3n) is 2.22. The van der Waals surface area contributed by atoms with Gasteiger partial charge in [-0.15, -0.1) is 0 Å². The van der Waals surface area contributed by atoms with Crippen LogP contribution in [0, 0.1) is 16.2 Å². The monoisotopic (exact) mass is 222 g/mol. The van der Waals surface area contributed by atoms with Gasteiger partial charge < -0.3 is 0 Å². The van der Waals surface area contributed by atoms with Crippen molar-refractivity contribution in [3.05, 3.63) is 23.8 Å². The minimum Gasteiger partial charge on any atom is -0.0789 e. The van der Waals surface area contributed by atoms with Crippen molar-refractivity contribution in [2.75, 3.05) is 0 Å². The van der Waals surface area contributed by atoms with Crippen molar-refractivity contribution < 1.29 is 0 Å². The molecule has 0 radical (unpaired) electrons. The molecule has 0 spiro atoms. The summed E-state index contributed by atoms with van der Waals surface area (Å²) < 4.78 is 0. The van der Waals surface area contributed by atoms with Gasteiger partial charge in [0.25, 0.3) is 0 Å². The lowest BCUT2D eigenvalue weighted by atomic mass is 9.80. The van der Waals surface area contributed by atoms with Crippen LogP contribution in [0.3, 0.4) is 0 Å². The van der Waals surface area contributed by atoms with Gasteiger partial charge in [-0.2, -0.15) is 0 Å². The van der Waals surface area contributed by atoms with Gasteiger partial charge in [-0.05, 0) is 21.8 Å². The molecule has 0 heterocycles. The maximum Gasteiger partial charge on any atom is -0.0135 e. The molecule has 0 fully saturated rings. The summed E-state index contributed by atoms with van der Waals surface area (Å²) in [5, 5.41) is 0. The highest BCUT2D eigenvalue weighted by Gasteiger charge is 2.18. The Labute approximate surface area is 103 Å². The van der Waals surface area contributed by atoms with Gasteiger partial charge in [0.05, 0.1) is 0 Å². The van der Waals surface area contributed by atoms with Gasteiger partial charge in [0, 0.05) is 0 Å². The van der Waals surface area contributed by atoms with Gasteiger partial charge >= 0.3 is 0 Å². The molecule has 0 aliphatic heterocycles.